The van der Waals surface area contributed by atoms with Crippen LogP contribution in [0.5, 0.6) is 11.5 Å². The molecule has 5 nitrogen and oxygen atoms in total. The van der Waals surface area contributed by atoms with Gasteiger partial charge in [0.05, 0.1) is 18.8 Å². The molecule has 2 aromatic rings. The van der Waals surface area contributed by atoms with Gasteiger partial charge in [0.2, 0.25) is 5.90 Å². The van der Waals surface area contributed by atoms with Crippen molar-refractivity contribution >= 4 is 33.9 Å². The third kappa shape index (κ3) is 3.96. The van der Waals surface area contributed by atoms with Gasteiger partial charge in [-0.1, -0.05) is 18.2 Å². The number of carbonyl (C=O) groups excluding carboxylic acids is 1. The molecule has 0 unspecified atom stereocenters. The van der Waals surface area contributed by atoms with E-state index in [0.29, 0.717) is 11.5 Å². The first-order chi connectivity index (χ1) is 12.5. The number of cyclic esters (lactones) is 1. The fourth-order valence-corrected chi connectivity index (χ4v) is 2.90. The Morgan fingerprint density at radius 1 is 1.15 bits per heavy atom. The monoisotopic (exact) mass is 415 g/mol. The largest absolute Gasteiger partial charge is 0.493 e. The number of hydrogen-bond acceptors (Lipinski definition) is 5. The molecule has 6 heteroatoms. The molecule has 1 aliphatic heterocycles. The molecule has 0 aromatic heterocycles. The van der Waals surface area contributed by atoms with Gasteiger partial charge in [-0.3, -0.25) is 0 Å². The molecule has 0 saturated carbocycles. The average molecular weight is 416 g/mol. The highest BCUT2D eigenvalue weighted by Gasteiger charge is 2.25. The first-order valence-corrected chi connectivity index (χ1v) is 8.89. The van der Waals surface area contributed by atoms with Gasteiger partial charge in [0, 0.05) is 4.47 Å². The van der Waals surface area contributed by atoms with Crippen LogP contribution in [-0.4, -0.2) is 25.1 Å². The molecule has 134 valence electrons. The maximum Gasteiger partial charge on any atom is 0.363 e. The highest BCUT2D eigenvalue weighted by atomic mass is 79.9. The molecular weight excluding hydrogens is 398 g/mol. The van der Waals surface area contributed by atoms with Crippen LogP contribution in [0, 0.1) is 0 Å². The van der Waals surface area contributed by atoms with Gasteiger partial charge in [0.25, 0.3) is 0 Å². The van der Waals surface area contributed by atoms with Crippen molar-refractivity contribution in [2.75, 3.05) is 7.11 Å². The molecule has 0 radical (unpaired) electrons. The number of benzene rings is 2. The number of halogens is 1. The van der Waals surface area contributed by atoms with E-state index in [2.05, 4.69) is 20.9 Å². The van der Waals surface area contributed by atoms with E-state index >= 15 is 0 Å². The lowest BCUT2D eigenvalue weighted by Gasteiger charge is -2.13. The molecule has 1 aliphatic rings. The number of rotatable bonds is 5. The van der Waals surface area contributed by atoms with Gasteiger partial charge in [-0.25, -0.2) is 9.79 Å². The normalized spacial score (nSPS) is 15.2. The second-order valence-electron chi connectivity index (χ2n) is 5.89. The van der Waals surface area contributed by atoms with E-state index in [1.54, 1.807) is 19.3 Å². The maximum atomic E-state index is 12.2. The van der Waals surface area contributed by atoms with Crippen LogP contribution in [0.1, 0.15) is 25.0 Å². The van der Waals surface area contributed by atoms with Crippen molar-refractivity contribution in [3.63, 3.8) is 0 Å². The highest BCUT2D eigenvalue weighted by molar-refractivity contribution is 9.10. The minimum absolute atomic E-state index is 0.0365. The Kier molecular flexibility index (Phi) is 5.42. The molecule has 0 N–H and O–H groups in total. The van der Waals surface area contributed by atoms with Gasteiger partial charge in [0.15, 0.2) is 17.2 Å². The van der Waals surface area contributed by atoms with Crippen molar-refractivity contribution in [3.05, 3.63) is 63.8 Å². The minimum Gasteiger partial charge on any atom is -0.493 e. The molecular formula is C20H18BrNO4. The molecule has 26 heavy (non-hydrogen) atoms. The van der Waals surface area contributed by atoms with Crippen LogP contribution in [0.3, 0.4) is 0 Å². The lowest BCUT2D eigenvalue weighted by molar-refractivity contribution is -0.129. The van der Waals surface area contributed by atoms with Gasteiger partial charge < -0.3 is 14.2 Å². The van der Waals surface area contributed by atoms with E-state index in [1.807, 2.05) is 50.2 Å². The Morgan fingerprint density at radius 2 is 1.92 bits per heavy atom. The van der Waals surface area contributed by atoms with Crippen LogP contribution in [0.15, 0.2) is 57.6 Å². The number of ether oxygens (including phenoxy) is 3. The predicted molar refractivity (Wildman–Crippen MR) is 104 cm³/mol. The number of esters is 1. The minimum atomic E-state index is -0.489. The van der Waals surface area contributed by atoms with Crippen LogP contribution in [-0.2, 0) is 9.53 Å². The van der Waals surface area contributed by atoms with Gasteiger partial charge in [-0.15, -0.1) is 0 Å². The molecule has 3 rings (SSSR count). The van der Waals surface area contributed by atoms with E-state index in [1.165, 1.54) is 0 Å². The Hall–Kier alpha value is -2.60. The van der Waals surface area contributed by atoms with Crippen LogP contribution < -0.4 is 9.47 Å². The van der Waals surface area contributed by atoms with E-state index in [9.17, 15) is 4.79 Å². The zero-order valence-corrected chi connectivity index (χ0v) is 16.2. The van der Waals surface area contributed by atoms with Gasteiger partial charge in [-0.05, 0) is 65.7 Å². The van der Waals surface area contributed by atoms with Gasteiger partial charge in [-0.2, -0.15) is 0 Å². The van der Waals surface area contributed by atoms with Gasteiger partial charge >= 0.3 is 5.97 Å². The molecule has 0 saturated heterocycles. The Balaban J connectivity index is 1.92. The van der Waals surface area contributed by atoms with E-state index < -0.39 is 5.97 Å². The molecule has 0 spiro atoms. The molecule has 0 amide bonds. The van der Waals surface area contributed by atoms with Crippen molar-refractivity contribution in [1.82, 2.24) is 0 Å². The molecule has 1 heterocycles. The standard InChI is InChI=1S/C20H18BrNO4/c1-12(2)25-17-9-8-13(11-18(17)24-3)10-16-20(23)26-19(22-16)14-6-4-5-7-15(14)21/h4-12H,1-3H3/b16-10-. The quantitative estimate of drug-likeness (QED) is 0.529. The van der Waals surface area contributed by atoms with Crippen molar-refractivity contribution in [2.24, 2.45) is 4.99 Å². The Morgan fingerprint density at radius 3 is 2.62 bits per heavy atom. The van der Waals surface area contributed by atoms with Crippen molar-refractivity contribution in [2.45, 2.75) is 20.0 Å². The highest BCUT2D eigenvalue weighted by Crippen LogP contribution is 2.31. The lowest BCUT2D eigenvalue weighted by Crippen LogP contribution is -2.06. The number of carbonyl (C=O) groups is 1. The molecule has 0 bridgehead atoms. The topological polar surface area (TPSA) is 57.1 Å². The average Bonchev–Trinajstić information content (AvgIpc) is 2.96. The van der Waals surface area contributed by atoms with E-state index in [0.717, 1.165) is 15.6 Å². The summed E-state index contributed by atoms with van der Waals surface area (Å²) in [5.74, 6) is 1.03. The summed E-state index contributed by atoms with van der Waals surface area (Å²) in [7, 11) is 1.58. The van der Waals surface area contributed by atoms with Gasteiger partial charge in [0.1, 0.15) is 0 Å². The van der Waals surface area contributed by atoms with Crippen molar-refractivity contribution in [1.29, 1.82) is 0 Å². The summed E-state index contributed by atoms with van der Waals surface area (Å²) in [6, 6.07) is 12.9. The van der Waals surface area contributed by atoms with Crippen LogP contribution >= 0.6 is 15.9 Å². The van der Waals surface area contributed by atoms with Crippen LogP contribution in [0.2, 0.25) is 0 Å². The first-order valence-electron chi connectivity index (χ1n) is 8.10. The number of aliphatic imine (C=N–C) groups is 1. The fraction of sp³-hybridized carbons (Fsp3) is 0.200. The summed E-state index contributed by atoms with van der Waals surface area (Å²) < 4.78 is 17.2. The maximum absolute atomic E-state index is 12.2. The van der Waals surface area contributed by atoms with Crippen LogP contribution in [0.25, 0.3) is 6.08 Å². The lowest BCUT2D eigenvalue weighted by atomic mass is 10.1. The predicted octanol–water partition coefficient (Wildman–Crippen LogP) is 4.59. The first kappa shape index (κ1) is 18.2. The third-order valence-electron chi connectivity index (χ3n) is 3.58. The molecule has 0 atom stereocenters. The third-order valence-corrected chi connectivity index (χ3v) is 4.27. The summed E-state index contributed by atoms with van der Waals surface area (Å²) in [4.78, 5) is 16.5. The molecule has 2 aromatic carbocycles. The molecule has 0 aliphatic carbocycles. The zero-order chi connectivity index (χ0) is 18.7. The summed E-state index contributed by atoms with van der Waals surface area (Å²) in [5.41, 5.74) is 1.72. The summed E-state index contributed by atoms with van der Waals surface area (Å²) >= 11 is 3.44. The molecule has 0 fully saturated rings. The zero-order valence-electron chi connectivity index (χ0n) is 14.7. The van der Waals surface area contributed by atoms with E-state index in [4.69, 9.17) is 14.2 Å². The van der Waals surface area contributed by atoms with Crippen LogP contribution in [0.4, 0.5) is 0 Å². The number of nitrogens with zero attached hydrogens (tertiary/aromatic N) is 1. The second kappa shape index (κ2) is 7.74. The fourth-order valence-electron chi connectivity index (χ4n) is 2.44. The van der Waals surface area contributed by atoms with E-state index in [-0.39, 0.29) is 17.7 Å². The summed E-state index contributed by atoms with van der Waals surface area (Å²) in [6.07, 6.45) is 1.70. The SMILES string of the molecule is COc1cc(/C=C2\N=C(c3ccccc3Br)OC2=O)ccc1OC(C)C. The van der Waals surface area contributed by atoms with Crippen molar-refractivity contribution in [3.8, 4) is 11.5 Å². The number of hydrogen-bond donors (Lipinski definition) is 0. The smallest absolute Gasteiger partial charge is 0.363 e. The Bertz CT molecular complexity index is 902. The van der Waals surface area contributed by atoms with Crippen molar-refractivity contribution < 1.29 is 19.0 Å². The number of methoxy groups -OCH3 is 1. The summed E-state index contributed by atoms with van der Waals surface area (Å²) in [6.45, 7) is 3.89. The Labute approximate surface area is 160 Å². The second-order valence-corrected chi connectivity index (χ2v) is 6.75. The summed E-state index contributed by atoms with van der Waals surface area (Å²) in [5, 5.41) is 0.